The van der Waals surface area contributed by atoms with Crippen molar-refractivity contribution in [3.05, 3.63) is 96.1 Å². The third kappa shape index (κ3) is 4.06. The molecule has 3 aromatic rings. The van der Waals surface area contributed by atoms with Crippen LogP contribution in [0.2, 0.25) is 0 Å². The lowest BCUT2D eigenvalue weighted by Gasteiger charge is -2.34. The maximum Gasteiger partial charge on any atom is 0.262 e. The summed E-state index contributed by atoms with van der Waals surface area (Å²) in [6.07, 6.45) is -0.441. The molecule has 1 aliphatic rings. The Kier molecular flexibility index (Phi) is 5.80. The number of carbonyl (C=O) groups excluding carboxylic acids is 2. The summed E-state index contributed by atoms with van der Waals surface area (Å²) in [6.45, 7) is 0.186. The van der Waals surface area contributed by atoms with Gasteiger partial charge in [-0.15, -0.1) is 0 Å². The van der Waals surface area contributed by atoms with E-state index in [1.807, 2.05) is 78.9 Å². The number of carbonyl (C=O) groups is 2. The Hall–Kier alpha value is -3.60. The van der Waals surface area contributed by atoms with Gasteiger partial charge in [0.25, 0.3) is 5.91 Å². The number of hydrogen-bond donors (Lipinski definition) is 1. The molecule has 0 unspecified atom stereocenters. The van der Waals surface area contributed by atoms with Crippen LogP contribution in [-0.2, 0) is 9.59 Å². The quantitative estimate of drug-likeness (QED) is 0.710. The van der Waals surface area contributed by atoms with Crippen molar-refractivity contribution in [2.75, 3.05) is 18.5 Å². The zero-order valence-corrected chi connectivity index (χ0v) is 16.8. The van der Waals surface area contributed by atoms with Crippen molar-refractivity contribution in [1.29, 1.82) is 0 Å². The number of fused-ring (bicyclic) bond motifs is 1. The van der Waals surface area contributed by atoms with Gasteiger partial charge in [-0.25, -0.2) is 0 Å². The van der Waals surface area contributed by atoms with Crippen molar-refractivity contribution in [2.45, 2.75) is 18.4 Å². The van der Waals surface area contributed by atoms with E-state index in [4.69, 9.17) is 4.74 Å². The molecule has 1 N–H and O–H groups in total. The molecule has 30 heavy (non-hydrogen) atoms. The molecule has 2 amide bonds. The summed E-state index contributed by atoms with van der Waals surface area (Å²) < 4.78 is 5.83. The van der Waals surface area contributed by atoms with Gasteiger partial charge in [-0.2, -0.15) is 0 Å². The smallest absolute Gasteiger partial charge is 0.262 e. The highest BCUT2D eigenvalue weighted by atomic mass is 16.5. The third-order valence-corrected chi connectivity index (χ3v) is 5.40. The molecule has 4 rings (SSSR count). The van der Waals surface area contributed by atoms with E-state index in [0.29, 0.717) is 17.9 Å². The minimum Gasteiger partial charge on any atom is -0.477 e. The second-order valence-corrected chi connectivity index (χ2v) is 7.27. The minimum absolute atomic E-state index is 0.0441. The predicted molar refractivity (Wildman–Crippen MR) is 117 cm³/mol. The van der Waals surface area contributed by atoms with Crippen molar-refractivity contribution < 1.29 is 14.3 Å². The van der Waals surface area contributed by atoms with Crippen LogP contribution >= 0.6 is 0 Å². The number of para-hydroxylation sites is 2. The Morgan fingerprint density at radius 1 is 0.933 bits per heavy atom. The van der Waals surface area contributed by atoms with Crippen molar-refractivity contribution in [3.63, 3.8) is 0 Å². The summed E-state index contributed by atoms with van der Waals surface area (Å²) in [4.78, 5) is 27.4. The number of nitrogens with one attached hydrogen (secondary N) is 1. The van der Waals surface area contributed by atoms with Crippen LogP contribution in [0.1, 0.15) is 23.5 Å². The van der Waals surface area contributed by atoms with Crippen LogP contribution in [0.5, 0.6) is 5.75 Å². The van der Waals surface area contributed by atoms with Gasteiger partial charge >= 0.3 is 0 Å². The van der Waals surface area contributed by atoms with E-state index in [1.54, 1.807) is 18.0 Å². The molecule has 1 aliphatic heterocycles. The molecular weight excluding hydrogens is 376 g/mol. The number of benzene rings is 3. The standard InChI is InChI=1S/C25H24N2O3/c1-26-25(29)23-17-27(21-14-8-9-15-22(21)30-23)24(28)16-20(18-10-4-2-5-11-18)19-12-6-3-7-13-19/h2-15,20,23H,16-17H2,1H3,(H,26,29)/t23-/m1/s1. The van der Waals surface area contributed by atoms with Crippen LogP contribution in [0, 0.1) is 0 Å². The summed E-state index contributed by atoms with van der Waals surface area (Å²) in [5.41, 5.74) is 2.87. The molecule has 0 aliphatic carbocycles. The van der Waals surface area contributed by atoms with Crippen molar-refractivity contribution in [2.24, 2.45) is 0 Å². The number of ether oxygens (including phenoxy) is 1. The zero-order chi connectivity index (χ0) is 20.9. The highest BCUT2D eigenvalue weighted by Gasteiger charge is 2.34. The number of rotatable bonds is 5. The summed E-state index contributed by atoms with van der Waals surface area (Å²) >= 11 is 0. The van der Waals surface area contributed by atoms with Gasteiger partial charge in [0.2, 0.25) is 5.91 Å². The number of amides is 2. The van der Waals surface area contributed by atoms with Gasteiger partial charge in [-0.05, 0) is 23.3 Å². The zero-order valence-electron chi connectivity index (χ0n) is 16.8. The van der Waals surface area contributed by atoms with E-state index >= 15 is 0 Å². The van der Waals surface area contributed by atoms with E-state index in [9.17, 15) is 9.59 Å². The van der Waals surface area contributed by atoms with E-state index in [1.165, 1.54) is 0 Å². The fraction of sp³-hybridized carbons (Fsp3) is 0.200. The van der Waals surface area contributed by atoms with Crippen molar-refractivity contribution in [1.82, 2.24) is 5.32 Å². The number of nitrogens with zero attached hydrogens (tertiary/aromatic N) is 1. The van der Waals surface area contributed by atoms with Crippen molar-refractivity contribution in [3.8, 4) is 5.75 Å². The minimum atomic E-state index is -0.735. The van der Waals surface area contributed by atoms with Crippen molar-refractivity contribution >= 4 is 17.5 Å². The Bertz CT molecular complexity index is 981. The molecule has 0 fully saturated rings. The van der Waals surface area contributed by atoms with Gasteiger partial charge < -0.3 is 15.0 Å². The molecule has 5 heteroatoms. The molecule has 0 saturated carbocycles. The van der Waals surface area contributed by atoms with E-state index in [0.717, 1.165) is 11.1 Å². The fourth-order valence-electron chi connectivity index (χ4n) is 3.85. The number of anilines is 1. The SMILES string of the molecule is CNC(=O)[C@H]1CN(C(=O)CC(c2ccccc2)c2ccccc2)c2ccccc2O1. The molecule has 0 saturated heterocycles. The molecule has 5 nitrogen and oxygen atoms in total. The third-order valence-electron chi connectivity index (χ3n) is 5.40. The largest absolute Gasteiger partial charge is 0.477 e. The highest BCUT2D eigenvalue weighted by molar-refractivity contribution is 5.97. The first-order valence-electron chi connectivity index (χ1n) is 10.0. The number of likely N-dealkylation sites (N-methyl/N-ethyl adjacent to an activating group) is 1. The molecule has 0 radical (unpaired) electrons. The highest BCUT2D eigenvalue weighted by Crippen LogP contribution is 2.36. The summed E-state index contributed by atoms with van der Waals surface area (Å²) in [7, 11) is 1.57. The van der Waals surface area contributed by atoms with Crippen LogP contribution in [0.4, 0.5) is 5.69 Å². The molecular formula is C25H24N2O3. The lowest BCUT2D eigenvalue weighted by atomic mass is 9.88. The predicted octanol–water partition coefficient (Wildman–Crippen LogP) is 3.75. The molecule has 0 aromatic heterocycles. The second kappa shape index (κ2) is 8.82. The topological polar surface area (TPSA) is 58.6 Å². The Morgan fingerprint density at radius 2 is 1.50 bits per heavy atom. The summed E-state index contributed by atoms with van der Waals surface area (Å²) in [6, 6.07) is 27.4. The normalized spacial score (nSPS) is 15.3. The monoisotopic (exact) mass is 400 g/mol. The molecule has 3 aromatic carbocycles. The maximum absolute atomic E-state index is 13.5. The van der Waals surface area contributed by atoms with E-state index < -0.39 is 6.10 Å². The maximum atomic E-state index is 13.5. The average Bonchev–Trinajstić information content (AvgIpc) is 2.82. The first-order valence-corrected chi connectivity index (χ1v) is 10.0. The Labute approximate surface area is 176 Å². The molecule has 0 spiro atoms. The van der Waals surface area contributed by atoms with Crippen LogP contribution in [-0.4, -0.2) is 31.5 Å². The van der Waals surface area contributed by atoms with Gasteiger partial charge in [0.15, 0.2) is 6.10 Å². The average molecular weight is 400 g/mol. The van der Waals surface area contributed by atoms with Crippen LogP contribution < -0.4 is 15.0 Å². The molecule has 0 bridgehead atoms. The summed E-state index contributed by atoms with van der Waals surface area (Å²) in [5.74, 6) is 0.178. The van der Waals surface area contributed by atoms with E-state index in [-0.39, 0.29) is 24.3 Å². The lowest BCUT2D eigenvalue weighted by molar-refractivity contribution is -0.128. The second-order valence-electron chi connectivity index (χ2n) is 7.27. The first-order chi connectivity index (χ1) is 14.7. The van der Waals surface area contributed by atoms with Crippen LogP contribution in [0.3, 0.4) is 0 Å². The Balaban J connectivity index is 1.66. The molecule has 1 heterocycles. The van der Waals surface area contributed by atoms with Gasteiger partial charge in [0, 0.05) is 19.4 Å². The summed E-state index contributed by atoms with van der Waals surface area (Å²) in [5, 5.41) is 2.62. The van der Waals surface area contributed by atoms with Crippen LogP contribution in [0.25, 0.3) is 0 Å². The fourth-order valence-corrected chi connectivity index (χ4v) is 3.85. The van der Waals surface area contributed by atoms with Gasteiger partial charge in [0.05, 0.1) is 12.2 Å². The molecule has 152 valence electrons. The van der Waals surface area contributed by atoms with Gasteiger partial charge in [-0.3, -0.25) is 9.59 Å². The van der Waals surface area contributed by atoms with E-state index in [2.05, 4.69) is 5.32 Å². The first kappa shape index (κ1) is 19.7. The van der Waals surface area contributed by atoms with Gasteiger partial charge in [-0.1, -0.05) is 72.8 Å². The lowest BCUT2D eigenvalue weighted by Crippen LogP contribution is -2.50. The Morgan fingerprint density at radius 3 is 2.10 bits per heavy atom. The van der Waals surface area contributed by atoms with Crippen LogP contribution in [0.15, 0.2) is 84.9 Å². The number of hydrogen-bond acceptors (Lipinski definition) is 3. The molecule has 1 atom stereocenters. The van der Waals surface area contributed by atoms with Gasteiger partial charge in [0.1, 0.15) is 5.75 Å².